The van der Waals surface area contributed by atoms with E-state index in [-0.39, 0.29) is 19.2 Å². The number of carbonyl (C=O) groups is 1. The number of β-amino-alcohol motifs (C(OH)–C–C–N with tert-alkyl or cyclic N) is 1. The molecule has 1 heterocycles. The number of aliphatic hydroxyl groups excluding tert-OH is 1. The van der Waals surface area contributed by atoms with Gasteiger partial charge in [0, 0.05) is 12.0 Å². The Kier molecular flexibility index (Phi) is 3.56. The fourth-order valence-corrected chi connectivity index (χ4v) is 2.87. The van der Waals surface area contributed by atoms with E-state index in [0.717, 1.165) is 19.3 Å². The fraction of sp³-hybridized carbons (Fsp3) is 0.929. The highest BCUT2D eigenvalue weighted by Gasteiger charge is 2.59. The minimum Gasteiger partial charge on any atom is -0.444 e. The van der Waals surface area contributed by atoms with Crippen molar-refractivity contribution >= 4 is 6.09 Å². The first kappa shape index (κ1) is 14.6. The van der Waals surface area contributed by atoms with E-state index in [9.17, 15) is 15.0 Å². The summed E-state index contributed by atoms with van der Waals surface area (Å²) in [6.45, 7) is 6.36. The van der Waals surface area contributed by atoms with E-state index in [4.69, 9.17) is 4.74 Å². The van der Waals surface area contributed by atoms with Crippen LogP contribution in [0.1, 0.15) is 46.5 Å². The Morgan fingerprint density at radius 2 is 1.95 bits per heavy atom. The third-order valence-corrected chi connectivity index (χ3v) is 4.27. The zero-order valence-corrected chi connectivity index (χ0v) is 12.1. The Morgan fingerprint density at radius 1 is 1.32 bits per heavy atom. The van der Waals surface area contributed by atoms with Crippen molar-refractivity contribution in [3.8, 4) is 0 Å². The predicted molar refractivity (Wildman–Crippen MR) is 70.7 cm³/mol. The molecule has 0 radical (unpaired) electrons. The average Bonchev–Trinajstić information content (AvgIpc) is 3.08. The van der Waals surface area contributed by atoms with Crippen LogP contribution in [0, 0.1) is 5.41 Å². The SMILES string of the molecule is CC(C)(C)OC(=O)N1CCCC(O)(C2(CO)CC2)C1. The third-order valence-electron chi connectivity index (χ3n) is 4.27. The Morgan fingerprint density at radius 3 is 2.42 bits per heavy atom. The number of amides is 1. The van der Waals surface area contributed by atoms with Gasteiger partial charge < -0.3 is 19.8 Å². The molecule has 1 saturated carbocycles. The summed E-state index contributed by atoms with van der Waals surface area (Å²) in [6, 6.07) is 0. The highest BCUT2D eigenvalue weighted by atomic mass is 16.6. The van der Waals surface area contributed by atoms with Crippen LogP contribution in [-0.2, 0) is 4.74 Å². The second-order valence-electron chi connectivity index (χ2n) is 6.98. The minimum absolute atomic E-state index is 0.00828. The molecule has 1 aliphatic heterocycles. The number of hydrogen-bond acceptors (Lipinski definition) is 4. The van der Waals surface area contributed by atoms with Gasteiger partial charge in [-0.3, -0.25) is 0 Å². The standard InChI is InChI=1S/C14H25NO4/c1-12(2,3)19-11(17)15-8-4-5-14(18,9-15)13(10-16)6-7-13/h16,18H,4-10H2,1-3H3. The second kappa shape index (κ2) is 4.63. The van der Waals surface area contributed by atoms with Crippen molar-refractivity contribution in [3.63, 3.8) is 0 Å². The molecule has 2 aliphatic rings. The Balaban J connectivity index is 2.03. The summed E-state index contributed by atoms with van der Waals surface area (Å²) in [5, 5.41) is 20.3. The minimum atomic E-state index is -0.961. The number of hydrogen-bond donors (Lipinski definition) is 2. The lowest BCUT2D eigenvalue weighted by Gasteiger charge is -2.44. The van der Waals surface area contributed by atoms with Crippen LogP contribution in [-0.4, -0.2) is 52.1 Å². The van der Waals surface area contributed by atoms with E-state index in [2.05, 4.69) is 0 Å². The van der Waals surface area contributed by atoms with Crippen molar-refractivity contribution in [3.05, 3.63) is 0 Å². The van der Waals surface area contributed by atoms with Gasteiger partial charge in [0.2, 0.25) is 0 Å². The van der Waals surface area contributed by atoms with Gasteiger partial charge in [-0.2, -0.15) is 0 Å². The molecule has 0 bridgehead atoms. The summed E-state index contributed by atoms with van der Waals surface area (Å²) < 4.78 is 5.35. The summed E-state index contributed by atoms with van der Waals surface area (Å²) in [4.78, 5) is 13.6. The van der Waals surface area contributed by atoms with E-state index >= 15 is 0 Å². The number of nitrogens with zero attached hydrogens (tertiary/aromatic N) is 1. The van der Waals surface area contributed by atoms with Crippen molar-refractivity contribution in [2.24, 2.45) is 5.41 Å². The van der Waals surface area contributed by atoms with E-state index in [1.807, 2.05) is 20.8 Å². The highest BCUT2D eigenvalue weighted by molar-refractivity contribution is 5.68. The zero-order valence-electron chi connectivity index (χ0n) is 12.1. The zero-order chi connectivity index (χ0) is 14.3. The van der Waals surface area contributed by atoms with Gasteiger partial charge >= 0.3 is 6.09 Å². The topological polar surface area (TPSA) is 70.0 Å². The summed E-state index contributed by atoms with van der Waals surface area (Å²) in [6.07, 6.45) is 2.69. The molecule has 110 valence electrons. The summed E-state index contributed by atoms with van der Waals surface area (Å²) in [7, 11) is 0. The van der Waals surface area contributed by atoms with Crippen LogP contribution in [0.4, 0.5) is 4.79 Å². The molecule has 1 saturated heterocycles. The summed E-state index contributed by atoms with van der Waals surface area (Å²) in [5.74, 6) is 0. The fourth-order valence-electron chi connectivity index (χ4n) is 2.87. The Hall–Kier alpha value is -0.810. The lowest BCUT2D eigenvalue weighted by Crippen LogP contribution is -2.56. The predicted octanol–water partition coefficient (Wildman–Crippen LogP) is 1.52. The van der Waals surface area contributed by atoms with Crippen LogP contribution in [0.15, 0.2) is 0 Å². The molecule has 0 spiro atoms. The maximum Gasteiger partial charge on any atom is 0.410 e. The quantitative estimate of drug-likeness (QED) is 0.799. The lowest BCUT2D eigenvalue weighted by molar-refractivity contribution is -0.101. The normalized spacial score (nSPS) is 30.1. The number of rotatable bonds is 2. The molecule has 2 N–H and O–H groups in total. The maximum atomic E-state index is 12.1. The van der Waals surface area contributed by atoms with Gasteiger partial charge in [-0.15, -0.1) is 0 Å². The van der Waals surface area contributed by atoms with Crippen LogP contribution >= 0.6 is 0 Å². The van der Waals surface area contributed by atoms with E-state index < -0.39 is 16.6 Å². The first-order valence-corrected chi connectivity index (χ1v) is 7.03. The van der Waals surface area contributed by atoms with Crippen molar-refractivity contribution in [1.82, 2.24) is 4.90 Å². The van der Waals surface area contributed by atoms with Gasteiger partial charge in [-0.25, -0.2) is 4.79 Å². The molecular formula is C14H25NO4. The highest BCUT2D eigenvalue weighted by Crippen LogP contribution is 2.56. The van der Waals surface area contributed by atoms with Crippen molar-refractivity contribution in [2.75, 3.05) is 19.7 Å². The third kappa shape index (κ3) is 2.87. The van der Waals surface area contributed by atoms with Crippen LogP contribution in [0.3, 0.4) is 0 Å². The molecule has 2 rings (SSSR count). The van der Waals surface area contributed by atoms with Crippen LogP contribution < -0.4 is 0 Å². The van der Waals surface area contributed by atoms with Gasteiger partial charge in [0.05, 0.1) is 18.8 Å². The molecule has 0 aromatic carbocycles. The van der Waals surface area contributed by atoms with Crippen molar-refractivity contribution < 1.29 is 19.7 Å². The first-order chi connectivity index (χ1) is 8.71. The Bertz CT molecular complexity index is 359. The van der Waals surface area contributed by atoms with Crippen molar-refractivity contribution in [1.29, 1.82) is 0 Å². The van der Waals surface area contributed by atoms with Crippen LogP contribution in [0.2, 0.25) is 0 Å². The van der Waals surface area contributed by atoms with Gasteiger partial charge in [0.1, 0.15) is 5.60 Å². The largest absolute Gasteiger partial charge is 0.444 e. The molecule has 1 amide bonds. The van der Waals surface area contributed by atoms with Gasteiger partial charge in [-0.05, 0) is 46.5 Å². The molecule has 1 unspecified atom stereocenters. The number of likely N-dealkylation sites (tertiary alicyclic amines) is 1. The Labute approximate surface area is 114 Å². The molecule has 19 heavy (non-hydrogen) atoms. The molecule has 5 nitrogen and oxygen atoms in total. The number of piperidine rings is 1. The number of ether oxygens (including phenoxy) is 1. The van der Waals surface area contributed by atoms with Crippen LogP contribution in [0.25, 0.3) is 0 Å². The van der Waals surface area contributed by atoms with Gasteiger partial charge in [0.25, 0.3) is 0 Å². The maximum absolute atomic E-state index is 12.1. The molecule has 1 aliphatic carbocycles. The first-order valence-electron chi connectivity index (χ1n) is 7.03. The average molecular weight is 271 g/mol. The molecule has 1 atom stereocenters. The van der Waals surface area contributed by atoms with E-state index in [1.165, 1.54) is 0 Å². The molecule has 2 fully saturated rings. The number of carbonyl (C=O) groups excluding carboxylic acids is 1. The summed E-state index contributed by atoms with van der Waals surface area (Å²) in [5.41, 5.74) is -1.88. The van der Waals surface area contributed by atoms with Gasteiger partial charge in [0.15, 0.2) is 0 Å². The molecular weight excluding hydrogens is 246 g/mol. The molecule has 0 aromatic rings. The monoisotopic (exact) mass is 271 g/mol. The molecule has 0 aromatic heterocycles. The van der Waals surface area contributed by atoms with E-state index in [0.29, 0.717) is 13.0 Å². The van der Waals surface area contributed by atoms with E-state index in [1.54, 1.807) is 4.90 Å². The van der Waals surface area contributed by atoms with Crippen LogP contribution in [0.5, 0.6) is 0 Å². The number of aliphatic hydroxyl groups is 2. The van der Waals surface area contributed by atoms with Gasteiger partial charge in [-0.1, -0.05) is 0 Å². The lowest BCUT2D eigenvalue weighted by atomic mass is 9.78. The van der Waals surface area contributed by atoms with Crippen molar-refractivity contribution in [2.45, 2.75) is 57.7 Å². The smallest absolute Gasteiger partial charge is 0.410 e. The summed E-state index contributed by atoms with van der Waals surface area (Å²) >= 11 is 0. The molecule has 5 heteroatoms. The second-order valence-corrected chi connectivity index (χ2v) is 6.98.